The normalized spacial score (nSPS) is 16.9. The van der Waals surface area contributed by atoms with Crippen molar-refractivity contribution in [1.29, 1.82) is 0 Å². The number of fused-ring (bicyclic) bond motifs is 2. The molecule has 0 aromatic heterocycles. The summed E-state index contributed by atoms with van der Waals surface area (Å²) >= 11 is 0. The molecule has 16 heteroatoms. The van der Waals surface area contributed by atoms with E-state index >= 15 is 0 Å². The predicted octanol–water partition coefficient (Wildman–Crippen LogP) is -6.93. The van der Waals surface area contributed by atoms with Crippen molar-refractivity contribution in [2.75, 3.05) is 0 Å². The van der Waals surface area contributed by atoms with Crippen molar-refractivity contribution < 1.29 is 54.8 Å². The molecular weight excluding hydrogens is 258 g/mol. The monoisotopic (exact) mass is 270 g/mol. The van der Waals surface area contributed by atoms with Crippen LogP contribution in [0.3, 0.4) is 0 Å². The third-order valence-electron chi connectivity index (χ3n) is 1.13. The Hall–Kier alpha value is 1.46. The first-order valence-corrected chi connectivity index (χ1v) is 2.87. The molecule has 11 nitrogen and oxygen atoms in total. The van der Waals surface area contributed by atoms with Gasteiger partial charge in [-0.2, -0.15) is 0 Å². The molecule has 2 fully saturated rings. The SMILES string of the molecule is O.O.O.O.OB1OB2OB(O)OB(O1)O2.[KH]. The van der Waals surface area contributed by atoms with Gasteiger partial charge in [-0.05, 0) is 0 Å². The summed E-state index contributed by atoms with van der Waals surface area (Å²) in [6.45, 7) is 0. The molecule has 90 valence electrons. The van der Waals surface area contributed by atoms with Crippen LogP contribution in [0.25, 0.3) is 0 Å². The predicted molar refractivity (Wildman–Crippen MR) is 54.5 cm³/mol. The molecule has 0 amide bonds. The maximum atomic E-state index is 8.74. The molecule has 0 saturated carbocycles. The van der Waals surface area contributed by atoms with Gasteiger partial charge in [0.05, 0.1) is 0 Å². The van der Waals surface area contributed by atoms with Crippen LogP contribution in [-0.2, 0) is 22.9 Å². The van der Waals surface area contributed by atoms with Crippen molar-refractivity contribution in [2.45, 2.75) is 0 Å². The van der Waals surface area contributed by atoms with Crippen LogP contribution in [-0.4, -0.2) is 113 Å². The number of hydrogen-bond acceptors (Lipinski definition) is 7. The molecule has 16 heavy (non-hydrogen) atoms. The molecule has 2 aliphatic heterocycles. The van der Waals surface area contributed by atoms with E-state index in [1.54, 1.807) is 0 Å². The van der Waals surface area contributed by atoms with Gasteiger partial charge in [0, 0.05) is 0 Å². The van der Waals surface area contributed by atoms with Crippen LogP contribution in [0.1, 0.15) is 0 Å². The Labute approximate surface area is 134 Å². The van der Waals surface area contributed by atoms with Crippen LogP contribution >= 0.6 is 0 Å². The summed E-state index contributed by atoms with van der Waals surface area (Å²) in [4.78, 5) is 0. The third kappa shape index (κ3) is 7.02. The zero-order valence-electron chi connectivity index (χ0n) is 7.25. The average molecular weight is 269 g/mol. The topological polar surface area (TPSA) is 213 Å². The molecule has 0 aromatic carbocycles. The molecule has 2 bridgehead atoms. The number of rotatable bonds is 0. The van der Waals surface area contributed by atoms with Gasteiger partial charge in [0.15, 0.2) is 0 Å². The van der Waals surface area contributed by atoms with E-state index in [4.69, 9.17) is 10.0 Å². The average Bonchev–Trinajstić information content (AvgIpc) is 1.82. The first kappa shape index (κ1) is 26.1. The van der Waals surface area contributed by atoms with E-state index in [1.165, 1.54) is 0 Å². The third-order valence-corrected chi connectivity index (χ3v) is 1.13. The van der Waals surface area contributed by atoms with E-state index in [2.05, 4.69) is 22.9 Å². The minimum atomic E-state index is -1.45. The first-order chi connectivity index (χ1) is 5.24. The van der Waals surface area contributed by atoms with Crippen molar-refractivity contribution in [2.24, 2.45) is 0 Å². The van der Waals surface area contributed by atoms with Crippen LogP contribution in [0.2, 0.25) is 0 Å². The molecule has 0 radical (unpaired) electrons. The van der Waals surface area contributed by atoms with Crippen molar-refractivity contribution in [3.05, 3.63) is 0 Å². The van der Waals surface area contributed by atoms with Gasteiger partial charge < -0.3 is 54.8 Å². The van der Waals surface area contributed by atoms with E-state index in [-0.39, 0.29) is 73.3 Å². The van der Waals surface area contributed by atoms with E-state index in [0.717, 1.165) is 0 Å². The van der Waals surface area contributed by atoms with Gasteiger partial charge in [-0.15, -0.1) is 0 Å². The van der Waals surface area contributed by atoms with Crippen molar-refractivity contribution in [1.82, 2.24) is 0 Å². The molecule has 2 aliphatic rings. The summed E-state index contributed by atoms with van der Waals surface area (Å²) < 4.78 is 22.6. The second kappa shape index (κ2) is 11.5. The summed E-state index contributed by atoms with van der Waals surface area (Å²) in [5.74, 6) is 0. The maximum absolute atomic E-state index is 8.74. The second-order valence-electron chi connectivity index (χ2n) is 1.87. The van der Waals surface area contributed by atoms with Crippen LogP contribution in [0.4, 0.5) is 0 Å². The summed E-state index contributed by atoms with van der Waals surface area (Å²) in [5, 5.41) is 17.5. The molecule has 2 rings (SSSR count). The van der Waals surface area contributed by atoms with E-state index in [1.807, 2.05) is 0 Å². The molecule has 0 atom stereocenters. The van der Waals surface area contributed by atoms with Crippen LogP contribution < -0.4 is 0 Å². The zero-order valence-corrected chi connectivity index (χ0v) is 7.25. The van der Waals surface area contributed by atoms with Crippen LogP contribution in [0.5, 0.6) is 0 Å². The first-order valence-electron chi connectivity index (χ1n) is 2.87. The Morgan fingerprint density at radius 1 is 0.562 bits per heavy atom. The fraction of sp³-hybridized carbons (Fsp3) is 0. The summed E-state index contributed by atoms with van der Waals surface area (Å²) in [6, 6.07) is 0. The van der Waals surface area contributed by atoms with Gasteiger partial charge in [-0.3, -0.25) is 0 Å². The van der Waals surface area contributed by atoms with Crippen molar-refractivity contribution in [3.63, 3.8) is 0 Å². The second-order valence-corrected chi connectivity index (χ2v) is 1.87. The van der Waals surface area contributed by atoms with Gasteiger partial charge >= 0.3 is 80.7 Å². The van der Waals surface area contributed by atoms with Crippen molar-refractivity contribution in [3.8, 4) is 0 Å². The molecule has 0 aromatic rings. The van der Waals surface area contributed by atoms with Gasteiger partial charge in [0.1, 0.15) is 0 Å². The molecule has 2 heterocycles. The quantitative estimate of drug-likeness (QED) is 0.405. The standard InChI is InChI=1S/B4H2O7.K.4H2O.H/c5-1-7-3-9-2(6)10-4(8-1)11-3;;;;;;/h5-6H;;4*1H2;. The number of hydrogen-bond donors (Lipinski definition) is 2. The summed E-state index contributed by atoms with van der Waals surface area (Å²) in [5.41, 5.74) is 0. The Bertz CT molecular complexity index is 123. The summed E-state index contributed by atoms with van der Waals surface area (Å²) in [7, 11) is -5.20. The van der Waals surface area contributed by atoms with Gasteiger partial charge in [0.2, 0.25) is 0 Å². The minimum absolute atomic E-state index is 0. The Morgan fingerprint density at radius 3 is 1.06 bits per heavy atom. The van der Waals surface area contributed by atoms with E-state index < -0.39 is 29.3 Å². The van der Waals surface area contributed by atoms with Crippen LogP contribution in [0, 0.1) is 0 Å². The van der Waals surface area contributed by atoms with Crippen molar-refractivity contribution >= 4 is 80.7 Å². The van der Waals surface area contributed by atoms with E-state index in [0.29, 0.717) is 0 Å². The molecule has 10 N–H and O–H groups in total. The van der Waals surface area contributed by atoms with E-state index in [9.17, 15) is 0 Å². The molecule has 0 spiro atoms. The van der Waals surface area contributed by atoms with Gasteiger partial charge in [-0.1, -0.05) is 0 Å². The van der Waals surface area contributed by atoms with Crippen LogP contribution in [0.15, 0.2) is 0 Å². The fourth-order valence-corrected chi connectivity index (χ4v) is 0.728. The van der Waals surface area contributed by atoms with Gasteiger partial charge in [-0.25, -0.2) is 0 Å². The fourth-order valence-electron chi connectivity index (χ4n) is 0.728. The molecular formula is H11B4KO11. The zero-order chi connectivity index (χ0) is 7.84. The Morgan fingerprint density at radius 2 is 0.812 bits per heavy atom. The molecule has 0 unspecified atom stereocenters. The Kier molecular flexibility index (Phi) is 18.8. The molecule has 2 saturated heterocycles. The molecule has 0 aliphatic carbocycles. The van der Waals surface area contributed by atoms with Gasteiger partial charge in [0.25, 0.3) is 0 Å². The Balaban J connectivity index is -0.000000144. The summed E-state index contributed by atoms with van der Waals surface area (Å²) in [6.07, 6.45) is 0.